The third kappa shape index (κ3) is 2.23. The van der Waals surface area contributed by atoms with Gasteiger partial charge in [0, 0.05) is 0 Å². The van der Waals surface area contributed by atoms with Crippen molar-refractivity contribution in [3.05, 3.63) is 0 Å². The van der Waals surface area contributed by atoms with Crippen LogP contribution in [0.2, 0.25) is 0 Å². The largest absolute Gasteiger partial charge is 0.113 e. The van der Waals surface area contributed by atoms with Gasteiger partial charge in [0.2, 0.25) is 0 Å². The van der Waals surface area contributed by atoms with Crippen LogP contribution in [0.25, 0.3) is 0 Å². The van der Waals surface area contributed by atoms with Gasteiger partial charge in [-0.15, -0.1) is 7.92 Å². The zero-order chi connectivity index (χ0) is 7.56. The summed E-state index contributed by atoms with van der Waals surface area (Å²) in [5, 5.41) is 0. The van der Waals surface area contributed by atoms with Crippen molar-refractivity contribution in [1.29, 1.82) is 0 Å². The molecule has 1 aliphatic rings. The van der Waals surface area contributed by atoms with Crippen LogP contribution >= 0.6 is 7.92 Å². The Hall–Kier alpha value is 0.430. The molecule has 1 heteroatoms. The first-order valence-electron chi connectivity index (χ1n) is 4.35. The smallest absolute Gasteiger partial charge is 0.0300 e. The van der Waals surface area contributed by atoms with Crippen LogP contribution in [-0.4, -0.2) is 19.5 Å². The maximum absolute atomic E-state index is 2.43. The van der Waals surface area contributed by atoms with Gasteiger partial charge in [0.25, 0.3) is 0 Å². The molecule has 60 valence electrons. The number of rotatable bonds is 2. The topological polar surface area (TPSA) is 0 Å². The highest BCUT2D eigenvalue weighted by molar-refractivity contribution is 7.55. The average molecular weight is 158 g/mol. The second kappa shape index (κ2) is 3.72. The van der Waals surface area contributed by atoms with Gasteiger partial charge in [0.15, 0.2) is 0 Å². The lowest BCUT2D eigenvalue weighted by molar-refractivity contribution is 0.463. The average Bonchev–Trinajstić information content (AvgIpc) is 2.15. The van der Waals surface area contributed by atoms with Crippen LogP contribution in [-0.2, 0) is 0 Å². The molecule has 10 heavy (non-hydrogen) atoms. The molecule has 0 aromatic heterocycles. The van der Waals surface area contributed by atoms with Crippen LogP contribution in [0.5, 0.6) is 0 Å². The molecule has 0 saturated heterocycles. The Kier molecular flexibility index (Phi) is 3.17. The van der Waals surface area contributed by atoms with E-state index in [0.29, 0.717) is 7.92 Å². The number of hydrogen-bond donors (Lipinski definition) is 0. The molecule has 0 aromatic carbocycles. The van der Waals surface area contributed by atoms with Crippen LogP contribution in [0.3, 0.4) is 0 Å². The summed E-state index contributed by atoms with van der Waals surface area (Å²) in [6.07, 6.45) is 6.03. The van der Waals surface area contributed by atoms with Gasteiger partial charge in [-0.1, -0.05) is 19.8 Å². The minimum atomic E-state index is 0.362. The Labute approximate surface area is 66.2 Å². The summed E-state index contributed by atoms with van der Waals surface area (Å²) in [5.74, 6) is 2.12. The van der Waals surface area contributed by atoms with E-state index in [1.165, 1.54) is 25.4 Å². The molecule has 1 fully saturated rings. The van der Waals surface area contributed by atoms with E-state index >= 15 is 0 Å². The van der Waals surface area contributed by atoms with Crippen LogP contribution in [0.4, 0.5) is 0 Å². The summed E-state index contributed by atoms with van der Waals surface area (Å²) in [5.41, 5.74) is 0. The van der Waals surface area contributed by atoms with Crippen molar-refractivity contribution < 1.29 is 0 Å². The SMILES string of the molecule is CC1CCCC1CP(C)C. The monoisotopic (exact) mass is 158 g/mol. The highest BCUT2D eigenvalue weighted by atomic mass is 31.1. The quantitative estimate of drug-likeness (QED) is 0.541. The molecule has 0 aromatic rings. The van der Waals surface area contributed by atoms with E-state index in [9.17, 15) is 0 Å². The van der Waals surface area contributed by atoms with Crippen molar-refractivity contribution >= 4 is 7.92 Å². The lowest BCUT2D eigenvalue weighted by atomic mass is 10.0. The van der Waals surface area contributed by atoms with Crippen LogP contribution in [0, 0.1) is 11.8 Å². The fourth-order valence-corrected chi connectivity index (χ4v) is 3.44. The van der Waals surface area contributed by atoms with Crippen LogP contribution in [0.1, 0.15) is 26.2 Å². The van der Waals surface area contributed by atoms with E-state index in [-0.39, 0.29) is 0 Å². The fourth-order valence-electron chi connectivity index (χ4n) is 1.96. The van der Waals surface area contributed by atoms with Gasteiger partial charge in [-0.25, -0.2) is 0 Å². The lowest BCUT2D eigenvalue weighted by Crippen LogP contribution is -2.07. The van der Waals surface area contributed by atoms with Gasteiger partial charge in [0.05, 0.1) is 0 Å². The van der Waals surface area contributed by atoms with Gasteiger partial charge in [-0.3, -0.25) is 0 Å². The molecule has 1 rings (SSSR count). The van der Waals surface area contributed by atoms with Crippen LogP contribution < -0.4 is 0 Å². The lowest BCUT2D eigenvalue weighted by Gasteiger charge is -2.17. The second-order valence-electron chi connectivity index (χ2n) is 3.93. The van der Waals surface area contributed by atoms with Crippen LogP contribution in [0.15, 0.2) is 0 Å². The summed E-state index contributed by atoms with van der Waals surface area (Å²) < 4.78 is 0. The maximum Gasteiger partial charge on any atom is -0.0300 e. The Morgan fingerprint density at radius 2 is 2.00 bits per heavy atom. The van der Waals surface area contributed by atoms with Gasteiger partial charge < -0.3 is 0 Å². The standard InChI is InChI=1S/C9H19P/c1-8-5-4-6-9(8)7-10(2)3/h8-9H,4-7H2,1-3H3. The second-order valence-corrected chi connectivity index (χ2v) is 6.45. The summed E-state index contributed by atoms with van der Waals surface area (Å²) in [6, 6.07) is 0. The van der Waals surface area contributed by atoms with Crippen molar-refractivity contribution in [3.63, 3.8) is 0 Å². The third-order valence-electron chi connectivity index (χ3n) is 2.64. The third-order valence-corrected chi connectivity index (χ3v) is 3.84. The predicted molar refractivity (Wildman–Crippen MR) is 50.1 cm³/mol. The normalized spacial score (nSPS) is 33.6. The number of hydrogen-bond acceptors (Lipinski definition) is 0. The fraction of sp³-hybridized carbons (Fsp3) is 1.00. The van der Waals surface area contributed by atoms with Crippen molar-refractivity contribution in [3.8, 4) is 0 Å². The van der Waals surface area contributed by atoms with Crippen molar-refractivity contribution in [2.75, 3.05) is 19.5 Å². The van der Waals surface area contributed by atoms with Crippen molar-refractivity contribution in [2.24, 2.45) is 11.8 Å². The summed E-state index contributed by atoms with van der Waals surface area (Å²) >= 11 is 0. The van der Waals surface area contributed by atoms with E-state index in [4.69, 9.17) is 0 Å². The Balaban J connectivity index is 2.26. The highest BCUT2D eigenvalue weighted by Crippen LogP contribution is 2.39. The first-order valence-corrected chi connectivity index (χ1v) is 6.77. The van der Waals surface area contributed by atoms with Crippen molar-refractivity contribution in [1.82, 2.24) is 0 Å². The molecular formula is C9H19P. The van der Waals surface area contributed by atoms with E-state index in [1.54, 1.807) is 0 Å². The molecule has 0 heterocycles. The Morgan fingerprint density at radius 1 is 1.30 bits per heavy atom. The first kappa shape index (κ1) is 8.53. The summed E-state index contributed by atoms with van der Waals surface area (Å²) in [6.45, 7) is 7.23. The van der Waals surface area contributed by atoms with Gasteiger partial charge >= 0.3 is 0 Å². The molecule has 2 atom stereocenters. The van der Waals surface area contributed by atoms with Crippen molar-refractivity contribution in [2.45, 2.75) is 26.2 Å². The summed E-state index contributed by atoms with van der Waals surface area (Å²) in [7, 11) is 0.362. The predicted octanol–water partition coefficient (Wildman–Crippen LogP) is 3.16. The van der Waals surface area contributed by atoms with E-state index in [1.807, 2.05) is 0 Å². The highest BCUT2D eigenvalue weighted by Gasteiger charge is 2.23. The molecule has 2 unspecified atom stereocenters. The van der Waals surface area contributed by atoms with E-state index < -0.39 is 0 Å². The molecule has 0 spiro atoms. The molecule has 0 bridgehead atoms. The Morgan fingerprint density at radius 3 is 2.40 bits per heavy atom. The molecule has 0 nitrogen and oxygen atoms in total. The Bertz CT molecular complexity index is 98.9. The molecular weight excluding hydrogens is 139 g/mol. The maximum atomic E-state index is 2.43. The molecule has 0 amide bonds. The molecule has 1 saturated carbocycles. The van der Waals surface area contributed by atoms with Gasteiger partial charge in [0.1, 0.15) is 0 Å². The minimum Gasteiger partial charge on any atom is -0.113 e. The molecule has 0 N–H and O–H groups in total. The van der Waals surface area contributed by atoms with E-state index in [2.05, 4.69) is 20.3 Å². The first-order chi connectivity index (χ1) is 4.70. The molecule has 0 aliphatic heterocycles. The minimum absolute atomic E-state index is 0.362. The zero-order valence-electron chi connectivity index (χ0n) is 7.43. The zero-order valence-corrected chi connectivity index (χ0v) is 8.32. The van der Waals surface area contributed by atoms with Gasteiger partial charge in [-0.2, -0.15) is 0 Å². The van der Waals surface area contributed by atoms with Gasteiger partial charge in [-0.05, 0) is 37.7 Å². The van der Waals surface area contributed by atoms with E-state index in [0.717, 1.165) is 11.8 Å². The molecule has 1 aliphatic carbocycles. The molecule has 0 radical (unpaired) electrons. The summed E-state index contributed by atoms with van der Waals surface area (Å²) in [4.78, 5) is 0.